The number of hydrogen-bond acceptors (Lipinski definition) is 2. The number of nitrogens with zero attached hydrogens (tertiary/aromatic N) is 1. The maximum absolute atomic E-state index is 9.28. The van der Waals surface area contributed by atoms with E-state index in [0.29, 0.717) is 0 Å². The van der Waals surface area contributed by atoms with Gasteiger partial charge in [0.1, 0.15) is 0 Å². The van der Waals surface area contributed by atoms with Crippen LogP contribution in [0.15, 0.2) is 0 Å². The van der Waals surface area contributed by atoms with E-state index in [1.54, 1.807) is 0 Å². The monoisotopic (exact) mass is 173 g/mol. The Balaban J connectivity index is 0.000000561. The molecule has 74 valence electrons. The van der Waals surface area contributed by atoms with Crippen molar-refractivity contribution in [1.82, 2.24) is 4.90 Å². The standard InChI is InChI=1S/C8H17NO.C2H6/c1-2-9-6-3-4-8(10)5-7-9;1-2/h8,10H,2-7H2,1H3;1-2H3. The second-order valence-electron chi connectivity index (χ2n) is 3.02. The summed E-state index contributed by atoms with van der Waals surface area (Å²) in [6.45, 7) is 9.57. The third-order valence-corrected chi connectivity index (χ3v) is 2.24. The van der Waals surface area contributed by atoms with E-state index in [1.165, 1.54) is 6.54 Å². The summed E-state index contributed by atoms with van der Waals surface area (Å²) in [5.41, 5.74) is 0. The molecule has 1 aliphatic heterocycles. The minimum atomic E-state index is -0.0310. The molecule has 1 rings (SSSR count). The first-order chi connectivity index (χ1) is 5.83. The van der Waals surface area contributed by atoms with Crippen molar-refractivity contribution in [3.05, 3.63) is 0 Å². The first kappa shape index (κ1) is 11.9. The highest BCUT2D eigenvalue weighted by Gasteiger charge is 2.12. The summed E-state index contributed by atoms with van der Waals surface area (Å²) in [4.78, 5) is 2.40. The smallest absolute Gasteiger partial charge is 0.0553 e. The van der Waals surface area contributed by atoms with Crippen molar-refractivity contribution in [2.45, 2.75) is 46.1 Å². The summed E-state index contributed by atoms with van der Waals surface area (Å²) in [5, 5.41) is 9.28. The molecule has 2 heteroatoms. The Hall–Kier alpha value is -0.0800. The SMILES string of the molecule is CC.CCN1CCCC(O)CC1. The molecule has 1 N–H and O–H groups in total. The molecule has 1 fully saturated rings. The summed E-state index contributed by atoms with van der Waals surface area (Å²) in [5.74, 6) is 0. The summed E-state index contributed by atoms with van der Waals surface area (Å²) in [7, 11) is 0. The summed E-state index contributed by atoms with van der Waals surface area (Å²) < 4.78 is 0. The van der Waals surface area contributed by atoms with Crippen molar-refractivity contribution in [3.8, 4) is 0 Å². The van der Waals surface area contributed by atoms with E-state index in [-0.39, 0.29) is 6.10 Å². The van der Waals surface area contributed by atoms with Crippen LogP contribution >= 0.6 is 0 Å². The molecule has 0 bridgehead atoms. The van der Waals surface area contributed by atoms with Crippen LogP contribution in [0.5, 0.6) is 0 Å². The highest BCUT2D eigenvalue weighted by atomic mass is 16.3. The molecule has 2 nitrogen and oxygen atoms in total. The van der Waals surface area contributed by atoms with Gasteiger partial charge in [0.05, 0.1) is 6.10 Å². The van der Waals surface area contributed by atoms with E-state index in [9.17, 15) is 5.11 Å². The average molecular weight is 173 g/mol. The van der Waals surface area contributed by atoms with Gasteiger partial charge in [-0.1, -0.05) is 20.8 Å². The Morgan fingerprint density at radius 2 is 1.92 bits per heavy atom. The zero-order chi connectivity index (χ0) is 9.40. The van der Waals surface area contributed by atoms with Gasteiger partial charge in [-0.25, -0.2) is 0 Å². The third kappa shape index (κ3) is 4.73. The molecule has 0 amide bonds. The number of likely N-dealkylation sites (tertiary alicyclic amines) is 1. The van der Waals surface area contributed by atoms with E-state index in [1.807, 2.05) is 13.8 Å². The topological polar surface area (TPSA) is 23.5 Å². The van der Waals surface area contributed by atoms with Crippen molar-refractivity contribution in [2.75, 3.05) is 19.6 Å². The molecule has 1 unspecified atom stereocenters. The van der Waals surface area contributed by atoms with E-state index in [0.717, 1.165) is 32.4 Å². The zero-order valence-corrected chi connectivity index (χ0v) is 8.71. The van der Waals surface area contributed by atoms with Gasteiger partial charge in [0, 0.05) is 6.54 Å². The minimum absolute atomic E-state index is 0.0310. The average Bonchev–Trinajstić information content (AvgIpc) is 2.33. The number of aliphatic hydroxyl groups is 1. The molecule has 0 aromatic heterocycles. The highest BCUT2D eigenvalue weighted by molar-refractivity contribution is 4.67. The number of aliphatic hydroxyl groups excluding tert-OH is 1. The van der Waals surface area contributed by atoms with Crippen molar-refractivity contribution in [1.29, 1.82) is 0 Å². The van der Waals surface area contributed by atoms with Crippen molar-refractivity contribution >= 4 is 0 Å². The lowest BCUT2D eigenvalue weighted by Crippen LogP contribution is -2.24. The number of rotatable bonds is 1. The summed E-state index contributed by atoms with van der Waals surface area (Å²) in [6.07, 6.45) is 3.09. The largest absolute Gasteiger partial charge is 0.393 e. The Morgan fingerprint density at radius 3 is 2.50 bits per heavy atom. The van der Waals surface area contributed by atoms with Gasteiger partial charge in [0.2, 0.25) is 0 Å². The molecule has 0 aromatic rings. The quantitative estimate of drug-likeness (QED) is 0.654. The lowest BCUT2D eigenvalue weighted by Gasteiger charge is -2.16. The summed E-state index contributed by atoms with van der Waals surface area (Å²) >= 11 is 0. The lowest BCUT2D eigenvalue weighted by molar-refractivity contribution is 0.156. The Morgan fingerprint density at radius 1 is 1.25 bits per heavy atom. The number of hydrogen-bond donors (Lipinski definition) is 1. The predicted molar refractivity (Wildman–Crippen MR) is 53.3 cm³/mol. The molecule has 0 radical (unpaired) electrons. The van der Waals surface area contributed by atoms with E-state index < -0.39 is 0 Å². The Labute approximate surface area is 76.6 Å². The molecule has 0 spiro atoms. The summed E-state index contributed by atoms with van der Waals surface area (Å²) in [6, 6.07) is 0. The van der Waals surface area contributed by atoms with Gasteiger partial charge in [0.15, 0.2) is 0 Å². The fraction of sp³-hybridized carbons (Fsp3) is 1.00. The van der Waals surface area contributed by atoms with Crippen LogP contribution in [0.3, 0.4) is 0 Å². The minimum Gasteiger partial charge on any atom is -0.393 e. The molecule has 1 saturated heterocycles. The van der Waals surface area contributed by atoms with E-state index in [4.69, 9.17) is 0 Å². The second-order valence-corrected chi connectivity index (χ2v) is 3.02. The fourth-order valence-electron chi connectivity index (χ4n) is 1.45. The zero-order valence-electron chi connectivity index (χ0n) is 8.71. The Kier molecular flexibility index (Phi) is 7.51. The van der Waals surface area contributed by atoms with Crippen LogP contribution < -0.4 is 0 Å². The van der Waals surface area contributed by atoms with Crippen LogP contribution in [-0.4, -0.2) is 35.7 Å². The Bertz CT molecular complexity index is 95.8. The molecule has 1 heterocycles. The van der Waals surface area contributed by atoms with Gasteiger partial charge in [-0.3, -0.25) is 0 Å². The molecule has 1 aliphatic rings. The first-order valence-corrected chi connectivity index (χ1v) is 5.23. The normalized spacial score (nSPS) is 25.5. The second kappa shape index (κ2) is 7.56. The molecule has 12 heavy (non-hydrogen) atoms. The fourth-order valence-corrected chi connectivity index (χ4v) is 1.45. The van der Waals surface area contributed by atoms with Crippen LogP contribution in [0.4, 0.5) is 0 Å². The molecular weight excluding hydrogens is 150 g/mol. The van der Waals surface area contributed by atoms with E-state index in [2.05, 4.69) is 11.8 Å². The first-order valence-electron chi connectivity index (χ1n) is 5.23. The van der Waals surface area contributed by atoms with Crippen LogP contribution in [0, 0.1) is 0 Å². The lowest BCUT2D eigenvalue weighted by atomic mass is 10.2. The molecule has 0 aliphatic carbocycles. The predicted octanol–water partition coefficient (Wildman–Crippen LogP) is 1.88. The van der Waals surface area contributed by atoms with Crippen molar-refractivity contribution in [2.24, 2.45) is 0 Å². The van der Waals surface area contributed by atoms with E-state index >= 15 is 0 Å². The highest BCUT2D eigenvalue weighted by Crippen LogP contribution is 2.09. The molecular formula is C10H23NO. The van der Waals surface area contributed by atoms with Crippen LogP contribution in [0.2, 0.25) is 0 Å². The molecule has 0 aromatic carbocycles. The van der Waals surface area contributed by atoms with Crippen LogP contribution in [0.1, 0.15) is 40.0 Å². The maximum atomic E-state index is 9.28. The van der Waals surface area contributed by atoms with Crippen LogP contribution in [0.25, 0.3) is 0 Å². The van der Waals surface area contributed by atoms with Gasteiger partial charge in [0.25, 0.3) is 0 Å². The van der Waals surface area contributed by atoms with Crippen molar-refractivity contribution in [3.63, 3.8) is 0 Å². The molecule has 0 saturated carbocycles. The third-order valence-electron chi connectivity index (χ3n) is 2.24. The molecule has 1 atom stereocenters. The van der Waals surface area contributed by atoms with Crippen molar-refractivity contribution < 1.29 is 5.11 Å². The van der Waals surface area contributed by atoms with Gasteiger partial charge in [-0.15, -0.1) is 0 Å². The van der Waals surface area contributed by atoms with Crippen LogP contribution in [-0.2, 0) is 0 Å². The van der Waals surface area contributed by atoms with Gasteiger partial charge in [-0.2, -0.15) is 0 Å². The van der Waals surface area contributed by atoms with Gasteiger partial charge >= 0.3 is 0 Å². The van der Waals surface area contributed by atoms with Gasteiger partial charge in [-0.05, 0) is 32.4 Å². The van der Waals surface area contributed by atoms with Gasteiger partial charge < -0.3 is 10.0 Å². The maximum Gasteiger partial charge on any atom is 0.0553 e.